The quantitative estimate of drug-likeness (QED) is 0.629. The second-order valence-corrected chi connectivity index (χ2v) is 9.30. The van der Waals surface area contributed by atoms with Crippen molar-refractivity contribution in [1.82, 2.24) is 4.90 Å². The average molecular weight is 446 g/mol. The van der Waals surface area contributed by atoms with Crippen LogP contribution in [0.5, 0.6) is 0 Å². The SMILES string of the molecule is CN1c2c(Br)cc(Br)c3c2[C@H](CN(C(=O)O)CC3)C1C(C)(C)C. The van der Waals surface area contributed by atoms with Gasteiger partial charge in [-0.25, -0.2) is 4.79 Å². The van der Waals surface area contributed by atoms with E-state index in [1.165, 1.54) is 16.8 Å². The van der Waals surface area contributed by atoms with Gasteiger partial charge in [-0.05, 0) is 45.0 Å². The number of halogens is 2. The van der Waals surface area contributed by atoms with Crippen LogP contribution in [0.3, 0.4) is 0 Å². The van der Waals surface area contributed by atoms with Crippen molar-refractivity contribution in [2.75, 3.05) is 25.0 Å². The second-order valence-electron chi connectivity index (χ2n) is 7.59. The predicted molar refractivity (Wildman–Crippen MR) is 99.5 cm³/mol. The van der Waals surface area contributed by atoms with Crippen LogP contribution in [0.4, 0.5) is 10.5 Å². The Kier molecular flexibility index (Phi) is 4.20. The van der Waals surface area contributed by atoms with Gasteiger partial charge < -0.3 is 14.9 Å². The number of carbonyl (C=O) groups is 1. The lowest BCUT2D eigenvalue weighted by molar-refractivity contribution is 0.138. The molecule has 0 fully saturated rings. The average Bonchev–Trinajstić information content (AvgIpc) is 2.58. The minimum absolute atomic E-state index is 0.0517. The van der Waals surface area contributed by atoms with Gasteiger partial charge in [-0.15, -0.1) is 0 Å². The van der Waals surface area contributed by atoms with Gasteiger partial charge in [0.25, 0.3) is 0 Å². The maximum Gasteiger partial charge on any atom is 0.407 e. The van der Waals surface area contributed by atoms with Crippen LogP contribution in [0, 0.1) is 5.41 Å². The molecule has 2 aliphatic heterocycles. The topological polar surface area (TPSA) is 43.8 Å². The molecule has 1 aromatic carbocycles. The third kappa shape index (κ3) is 2.68. The number of likely N-dealkylation sites (N-methyl/N-ethyl adjacent to an activating group) is 1. The van der Waals surface area contributed by atoms with Gasteiger partial charge in [-0.2, -0.15) is 0 Å². The van der Waals surface area contributed by atoms with E-state index in [-0.39, 0.29) is 17.4 Å². The van der Waals surface area contributed by atoms with Crippen molar-refractivity contribution >= 4 is 43.6 Å². The molecule has 6 heteroatoms. The lowest BCUT2D eigenvalue weighted by Gasteiger charge is -2.39. The van der Waals surface area contributed by atoms with E-state index in [1.807, 2.05) is 0 Å². The highest BCUT2D eigenvalue weighted by molar-refractivity contribution is 9.11. The van der Waals surface area contributed by atoms with Crippen LogP contribution in [0.25, 0.3) is 0 Å². The van der Waals surface area contributed by atoms with Gasteiger partial charge in [0.05, 0.1) is 5.69 Å². The number of nitrogens with zero attached hydrogens (tertiary/aromatic N) is 2. The van der Waals surface area contributed by atoms with E-state index in [9.17, 15) is 9.90 Å². The van der Waals surface area contributed by atoms with Crippen molar-refractivity contribution < 1.29 is 9.90 Å². The van der Waals surface area contributed by atoms with Gasteiger partial charge in [0.1, 0.15) is 0 Å². The first-order valence-corrected chi connectivity index (χ1v) is 9.43. The number of hydrogen-bond donors (Lipinski definition) is 1. The molecule has 1 N–H and O–H groups in total. The molecule has 2 heterocycles. The van der Waals surface area contributed by atoms with Gasteiger partial charge in [0.15, 0.2) is 0 Å². The molecule has 1 amide bonds. The summed E-state index contributed by atoms with van der Waals surface area (Å²) in [6, 6.07) is 2.37. The molecule has 23 heavy (non-hydrogen) atoms. The number of amides is 1. The maximum absolute atomic E-state index is 11.6. The summed E-state index contributed by atoms with van der Waals surface area (Å²) in [5.74, 6) is 0.192. The van der Waals surface area contributed by atoms with E-state index in [0.29, 0.717) is 13.1 Å². The number of carboxylic acid groups (broad SMARTS) is 1. The largest absolute Gasteiger partial charge is 0.465 e. The normalized spacial score (nSPS) is 23.7. The number of benzene rings is 1. The van der Waals surface area contributed by atoms with Crippen LogP contribution in [0.15, 0.2) is 15.0 Å². The van der Waals surface area contributed by atoms with Crippen molar-refractivity contribution in [1.29, 1.82) is 0 Å². The summed E-state index contributed by atoms with van der Waals surface area (Å²) in [5, 5.41) is 9.54. The zero-order valence-electron chi connectivity index (χ0n) is 13.9. The Bertz CT molecular complexity index is 670. The highest BCUT2D eigenvalue weighted by Crippen LogP contribution is 2.53. The fourth-order valence-corrected chi connectivity index (χ4v) is 6.04. The summed E-state index contributed by atoms with van der Waals surface area (Å²) >= 11 is 7.41. The first-order valence-electron chi connectivity index (χ1n) is 7.84. The van der Waals surface area contributed by atoms with Crippen molar-refractivity contribution in [3.8, 4) is 0 Å². The lowest BCUT2D eigenvalue weighted by Crippen LogP contribution is -2.45. The summed E-state index contributed by atoms with van der Waals surface area (Å²) in [6.45, 7) is 7.82. The van der Waals surface area contributed by atoms with Crippen LogP contribution < -0.4 is 4.90 Å². The summed E-state index contributed by atoms with van der Waals surface area (Å²) in [4.78, 5) is 15.5. The molecular formula is C17H22Br2N2O2. The molecule has 0 bridgehead atoms. The van der Waals surface area contributed by atoms with Crippen molar-refractivity contribution in [2.24, 2.45) is 5.41 Å². The lowest BCUT2D eigenvalue weighted by atomic mass is 9.77. The highest BCUT2D eigenvalue weighted by Gasteiger charge is 2.47. The third-order valence-electron chi connectivity index (χ3n) is 5.08. The van der Waals surface area contributed by atoms with Gasteiger partial charge in [-0.3, -0.25) is 0 Å². The van der Waals surface area contributed by atoms with Crippen LogP contribution in [-0.2, 0) is 6.42 Å². The molecule has 0 spiro atoms. The van der Waals surface area contributed by atoms with Crippen LogP contribution in [0.1, 0.15) is 37.8 Å². The molecule has 0 radical (unpaired) electrons. The van der Waals surface area contributed by atoms with Crippen molar-refractivity contribution in [3.05, 3.63) is 26.1 Å². The molecule has 1 aromatic rings. The molecule has 4 nitrogen and oxygen atoms in total. The highest BCUT2D eigenvalue weighted by atomic mass is 79.9. The minimum Gasteiger partial charge on any atom is -0.465 e. The van der Waals surface area contributed by atoms with E-state index < -0.39 is 6.09 Å². The Morgan fingerprint density at radius 2 is 1.96 bits per heavy atom. The van der Waals surface area contributed by atoms with E-state index >= 15 is 0 Å². The third-order valence-corrected chi connectivity index (χ3v) is 6.39. The standard InChI is InChI=1S/C17H22Br2N2O2/c1-17(2,3)15-10-8-21(16(22)23)6-5-9-11(18)7-12(19)14(13(9)10)20(15)4/h7,10,15H,5-6,8H2,1-4H3,(H,22,23)/t10-,15?/m0/s1. The van der Waals surface area contributed by atoms with E-state index in [4.69, 9.17) is 0 Å². The fraction of sp³-hybridized carbons (Fsp3) is 0.588. The zero-order chi connectivity index (χ0) is 17.1. The molecule has 0 saturated carbocycles. The fourth-order valence-electron chi connectivity index (χ4n) is 4.37. The molecule has 0 aliphatic carbocycles. The van der Waals surface area contributed by atoms with Gasteiger partial charge in [0, 0.05) is 41.0 Å². The Labute approximate surface area is 154 Å². The van der Waals surface area contributed by atoms with Gasteiger partial charge in [-0.1, -0.05) is 36.7 Å². The molecule has 2 aliphatic rings. The Hall–Kier alpha value is -0.750. The molecule has 0 saturated heterocycles. The van der Waals surface area contributed by atoms with E-state index in [2.05, 4.69) is 70.6 Å². The van der Waals surface area contributed by atoms with Crippen LogP contribution in [0.2, 0.25) is 0 Å². The zero-order valence-corrected chi connectivity index (χ0v) is 17.0. The molecule has 3 rings (SSSR count). The van der Waals surface area contributed by atoms with Crippen LogP contribution >= 0.6 is 31.9 Å². The number of hydrogen-bond acceptors (Lipinski definition) is 2. The first-order chi connectivity index (χ1) is 10.6. The summed E-state index contributed by atoms with van der Waals surface area (Å²) < 4.78 is 2.15. The molecule has 2 atom stereocenters. The van der Waals surface area contributed by atoms with E-state index in [0.717, 1.165) is 15.4 Å². The van der Waals surface area contributed by atoms with Gasteiger partial charge in [0.2, 0.25) is 0 Å². The molecular weight excluding hydrogens is 424 g/mol. The molecule has 126 valence electrons. The predicted octanol–water partition coefficient (Wildman–Crippen LogP) is 4.70. The Balaban J connectivity index is 2.22. The second kappa shape index (κ2) is 5.66. The smallest absolute Gasteiger partial charge is 0.407 e. The number of rotatable bonds is 0. The van der Waals surface area contributed by atoms with Gasteiger partial charge >= 0.3 is 6.09 Å². The minimum atomic E-state index is -0.822. The summed E-state index contributed by atoms with van der Waals surface area (Å²) in [6.07, 6.45) is -0.0688. The Morgan fingerprint density at radius 3 is 2.52 bits per heavy atom. The monoisotopic (exact) mass is 444 g/mol. The van der Waals surface area contributed by atoms with Crippen molar-refractivity contribution in [2.45, 2.75) is 39.2 Å². The van der Waals surface area contributed by atoms with E-state index in [1.54, 1.807) is 4.90 Å². The van der Waals surface area contributed by atoms with Crippen molar-refractivity contribution in [3.63, 3.8) is 0 Å². The van der Waals surface area contributed by atoms with Crippen LogP contribution in [-0.4, -0.2) is 42.3 Å². The molecule has 1 unspecified atom stereocenters. The first kappa shape index (κ1) is 17.1. The molecule has 0 aromatic heterocycles. The Morgan fingerprint density at radius 1 is 1.30 bits per heavy atom. The number of anilines is 1. The maximum atomic E-state index is 11.6. The summed E-state index contributed by atoms with van der Waals surface area (Å²) in [7, 11) is 2.13. The summed E-state index contributed by atoms with van der Waals surface area (Å²) in [5.41, 5.74) is 3.85.